The van der Waals surface area contributed by atoms with Gasteiger partial charge in [0.2, 0.25) is 5.13 Å². The summed E-state index contributed by atoms with van der Waals surface area (Å²) in [6, 6.07) is 9.95. The van der Waals surface area contributed by atoms with Gasteiger partial charge in [0.25, 0.3) is 0 Å². The highest BCUT2D eigenvalue weighted by Crippen LogP contribution is 2.27. The predicted molar refractivity (Wildman–Crippen MR) is 72.2 cm³/mol. The molecule has 1 heterocycles. The number of nitrogens with one attached hydrogen (secondary N) is 1. The van der Waals surface area contributed by atoms with Crippen molar-refractivity contribution >= 4 is 33.9 Å². The Labute approximate surface area is 108 Å². The minimum Gasteiger partial charge on any atom is -0.384 e. The van der Waals surface area contributed by atoms with Crippen molar-refractivity contribution in [3.8, 4) is 0 Å². The minimum atomic E-state index is 0.728. The smallest absolute Gasteiger partial charge is 0.210 e. The molecule has 1 aromatic carbocycles. The Morgan fingerprint density at radius 1 is 1.29 bits per heavy atom. The van der Waals surface area contributed by atoms with Gasteiger partial charge in [-0.2, -0.15) is 0 Å². The van der Waals surface area contributed by atoms with E-state index in [0.717, 1.165) is 27.5 Å². The molecule has 0 radical (unpaired) electrons. The van der Waals surface area contributed by atoms with Gasteiger partial charge in [-0.25, -0.2) is 0 Å². The van der Waals surface area contributed by atoms with Crippen molar-refractivity contribution in [1.82, 2.24) is 10.2 Å². The summed E-state index contributed by atoms with van der Waals surface area (Å²) in [4.78, 5) is 0. The van der Waals surface area contributed by atoms with Crippen LogP contribution in [-0.4, -0.2) is 29.7 Å². The van der Waals surface area contributed by atoms with Gasteiger partial charge in [-0.1, -0.05) is 41.3 Å². The van der Waals surface area contributed by atoms with Gasteiger partial charge >= 0.3 is 0 Å². The van der Waals surface area contributed by atoms with Gasteiger partial charge in [-0.3, -0.25) is 0 Å². The molecule has 0 aliphatic carbocycles. The molecule has 0 aliphatic rings. The van der Waals surface area contributed by atoms with Gasteiger partial charge in [-0.05, 0) is 12.1 Å². The van der Waals surface area contributed by atoms with Crippen LogP contribution in [-0.2, 0) is 4.74 Å². The summed E-state index contributed by atoms with van der Waals surface area (Å²) in [7, 11) is 1.70. The Bertz CT molecular complexity index is 447. The van der Waals surface area contributed by atoms with Crippen LogP contribution >= 0.6 is 23.1 Å². The number of thioether (sulfide) groups is 1. The number of nitrogens with zero attached hydrogens (tertiary/aromatic N) is 2. The summed E-state index contributed by atoms with van der Waals surface area (Å²) < 4.78 is 5.94. The molecule has 0 amide bonds. The fourth-order valence-corrected chi connectivity index (χ4v) is 2.92. The van der Waals surface area contributed by atoms with Gasteiger partial charge in [0.05, 0.1) is 6.61 Å². The highest BCUT2D eigenvalue weighted by molar-refractivity contribution is 8.01. The molecule has 0 saturated carbocycles. The van der Waals surface area contributed by atoms with Crippen molar-refractivity contribution in [2.45, 2.75) is 4.34 Å². The standard InChI is InChI=1S/C11H13N3OS2/c1-15-7-8-16-11-14-13-10(17-11)12-9-5-3-2-4-6-9/h2-6H,7-8H2,1H3,(H,12,13). The second-order valence-electron chi connectivity index (χ2n) is 3.21. The topological polar surface area (TPSA) is 47.0 Å². The molecule has 17 heavy (non-hydrogen) atoms. The van der Waals surface area contributed by atoms with E-state index in [1.807, 2.05) is 30.3 Å². The number of benzene rings is 1. The molecule has 0 spiro atoms. The minimum absolute atomic E-state index is 0.728. The van der Waals surface area contributed by atoms with Crippen molar-refractivity contribution < 1.29 is 4.74 Å². The summed E-state index contributed by atoms with van der Waals surface area (Å²) in [6.07, 6.45) is 0. The molecule has 0 fully saturated rings. The first kappa shape index (κ1) is 12.3. The average molecular weight is 267 g/mol. The summed E-state index contributed by atoms with van der Waals surface area (Å²) >= 11 is 3.21. The number of aromatic nitrogens is 2. The van der Waals surface area contributed by atoms with Crippen molar-refractivity contribution in [1.29, 1.82) is 0 Å². The van der Waals surface area contributed by atoms with E-state index in [1.165, 1.54) is 0 Å². The van der Waals surface area contributed by atoms with Crippen molar-refractivity contribution in [3.05, 3.63) is 30.3 Å². The maximum Gasteiger partial charge on any atom is 0.210 e. The quantitative estimate of drug-likeness (QED) is 0.644. The normalized spacial score (nSPS) is 10.4. The molecule has 0 aliphatic heterocycles. The van der Waals surface area contributed by atoms with Gasteiger partial charge in [-0.15, -0.1) is 10.2 Å². The monoisotopic (exact) mass is 267 g/mol. The van der Waals surface area contributed by atoms with E-state index in [0.29, 0.717) is 0 Å². The Kier molecular flexibility index (Phi) is 4.78. The SMILES string of the molecule is COCCSc1nnc(Nc2ccccc2)s1. The fourth-order valence-electron chi connectivity index (χ4n) is 1.18. The summed E-state index contributed by atoms with van der Waals surface area (Å²) in [6.45, 7) is 0.728. The summed E-state index contributed by atoms with van der Waals surface area (Å²) in [5, 5.41) is 12.2. The number of ether oxygens (including phenoxy) is 1. The van der Waals surface area contributed by atoms with Crippen LogP contribution in [0, 0.1) is 0 Å². The molecule has 1 N–H and O–H groups in total. The Hall–Kier alpha value is -1.11. The summed E-state index contributed by atoms with van der Waals surface area (Å²) in [5.74, 6) is 0.899. The molecular weight excluding hydrogens is 254 g/mol. The molecule has 0 bridgehead atoms. The van der Waals surface area contributed by atoms with Crippen LogP contribution in [0.1, 0.15) is 0 Å². The number of hydrogen-bond acceptors (Lipinski definition) is 6. The number of methoxy groups -OCH3 is 1. The zero-order valence-electron chi connectivity index (χ0n) is 9.42. The molecule has 2 aromatic rings. The fraction of sp³-hybridized carbons (Fsp3) is 0.273. The molecule has 0 atom stereocenters. The third-order valence-corrected chi connectivity index (χ3v) is 3.88. The molecule has 1 aromatic heterocycles. The third-order valence-electron chi connectivity index (χ3n) is 1.94. The van der Waals surface area contributed by atoms with E-state index in [2.05, 4.69) is 15.5 Å². The Balaban J connectivity index is 1.90. The van der Waals surface area contributed by atoms with Crippen LogP contribution in [0.25, 0.3) is 0 Å². The molecule has 2 rings (SSSR count). The van der Waals surface area contributed by atoms with Gasteiger partial charge in [0.1, 0.15) is 0 Å². The predicted octanol–water partition coefficient (Wildman–Crippen LogP) is 3.02. The lowest BCUT2D eigenvalue weighted by Gasteiger charge is -1.99. The lowest BCUT2D eigenvalue weighted by atomic mass is 10.3. The number of anilines is 2. The van der Waals surface area contributed by atoms with Crippen molar-refractivity contribution in [2.75, 3.05) is 24.8 Å². The second-order valence-corrected chi connectivity index (χ2v) is 5.52. The van der Waals surface area contributed by atoms with E-state index < -0.39 is 0 Å². The van der Waals surface area contributed by atoms with E-state index >= 15 is 0 Å². The van der Waals surface area contributed by atoms with Crippen LogP contribution in [0.5, 0.6) is 0 Å². The maximum atomic E-state index is 4.99. The second kappa shape index (κ2) is 6.58. The maximum absolute atomic E-state index is 4.99. The molecule has 90 valence electrons. The zero-order valence-corrected chi connectivity index (χ0v) is 11.1. The average Bonchev–Trinajstić information content (AvgIpc) is 2.79. The zero-order chi connectivity index (χ0) is 11.9. The molecule has 0 saturated heterocycles. The van der Waals surface area contributed by atoms with E-state index in [-0.39, 0.29) is 0 Å². The molecule has 0 unspecified atom stereocenters. The Morgan fingerprint density at radius 2 is 2.12 bits per heavy atom. The first-order valence-electron chi connectivity index (χ1n) is 5.16. The van der Waals surface area contributed by atoms with Crippen LogP contribution in [0.15, 0.2) is 34.7 Å². The van der Waals surface area contributed by atoms with Crippen LogP contribution < -0.4 is 5.32 Å². The number of hydrogen-bond donors (Lipinski definition) is 1. The molecule has 4 nitrogen and oxygen atoms in total. The first-order valence-corrected chi connectivity index (χ1v) is 6.96. The highest BCUT2D eigenvalue weighted by atomic mass is 32.2. The Morgan fingerprint density at radius 3 is 2.88 bits per heavy atom. The van der Waals surface area contributed by atoms with Crippen LogP contribution in [0.2, 0.25) is 0 Å². The third kappa shape index (κ3) is 3.99. The number of rotatable bonds is 6. The van der Waals surface area contributed by atoms with E-state index in [4.69, 9.17) is 4.74 Å². The van der Waals surface area contributed by atoms with E-state index in [9.17, 15) is 0 Å². The van der Waals surface area contributed by atoms with Gasteiger partial charge in [0, 0.05) is 18.6 Å². The van der Waals surface area contributed by atoms with Crippen LogP contribution in [0.3, 0.4) is 0 Å². The van der Waals surface area contributed by atoms with Gasteiger partial charge < -0.3 is 10.1 Å². The highest BCUT2D eigenvalue weighted by Gasteiger charge is 2.04. The lowest BCUT2D eigenvalue weighted by molar-refractivity contribution is 0.218. The molecular formula is C11H13N3OS2. The molecule has 6 heteroatoms. The van der Waals surface area contributed by atoms with Crippen molar-refractivity contribution in [2.24, 2.45) is 0 Å². The van der Waals surface area contributed by atoms with Crippen LogP contribution in [0.4, 0.5) is 10.8 Å². The van der Waals surface area contributed by atoms with E-state index in [1.54, 1.807) is 30.2 Å². The summed E-state index contributed by atoms with van der Waals surface area (Å²) in [5.41, 5.74) is 1.03. The number of para-hydroxylation sites is 1. The lowest BCUT2D eigenvalue weighted by Crippen LogP contribution is -1.90. The largest absolute Gasteiger partial charge is 0.384 e. The first-order chi connectivity index (χ1) is 8.38. The van der Waals surface area contributed by atoms with Crippen molar-refractivity contribution in [3.63, 3.8) is 0 Å². The van der Waals surface area contributed by atoms with Gasteiger partial charge in [0.15, 0.2) is 4.34 Å².